The molecule has 0 bridgehead atoms. The fourth-order valence-corrected chi connectivity index (χ4v) is 3.26. The van der Waals surface area contributed by atoms with Crippen LogP contribution in [0.25, 0.3) is 0 Å². The van der Waals surface area contributed by atoms with Gasteiger partial charge in [0.25, 0.3) is 0 Å². The van der Waals surface area contributed by atoms with Crippen molar-refractivity contribution in [3.8, 4) is 11.5 Å². The van der Waals surface area contributed by atoms with Crippen LogP contribution in [0.2, 0.25) is 0 Å². The molecule has 2 aliphatic heterocycles. The minimum atomic E-state index is -4.45. The first kappa shape index (κ1) is 18.6. The molecule has 6 nitrogen and oxygen atoms in total. The molecule has 1 aromatic carbocycles. The molecule has 3 rings (SSSR count). The van der Waals surface area contributed by atoms with Crippen LogP contribution in [-0.2, 0) is 11.3 Å². The number of carbonyl (C=O) groups excluding carboxylic acids is 1. The van der Waals surface area contributed by atoms with Gasteiger partial charge in [0.1, 0.15) is 0 Å². The number of hydrogen-bond donors (Lipinski definition) is 1. The van der Waals surface area contributed by atoms with Crippen molar-refractivity contribution < 1.29 is 32.5 Å². The molecule has 0 radical (unpaired) electrons. The summed E-state index contributed by atoms with van der Waals surface area (Å²) in [5, 5.41) is 9.87. The van der Waals surface area contributed by atoms with Crippen LogP contribution in [0.5, 0.6) is 11.5 Å². The van der Waals surface area contributed by atoms with E-state index in [0.29, 0.717) is 30.3 Å². The zero-order chi connectivity index (χ0) is 18.9. The smallest absolute Gasteiger partial charge is 0.391 e. The Morgan fingerprint density at radius 1 is 1.23 bits per heavy atom. The van der Waals surface area contributed by atoms with Crippen molar-refractivity contribution in [2.24, 2.45) is 0 Å². The van der Waals surface area contributed by atoms with Gasteiger partial charge >= 0.3 is 6.18 Å². The van der Waals surface area contributed by atoms with Crippen molar-refractivity contribution in [1.29, 1.82) is 0 Å². The summed E-state index contributed by atoms with van der Waals surface area (Å²) in [6.45, 7) is 2.81. The van der Waals surface area contributed by atoms with Crippen molar-refractivity contribution in [1.82, 2.24) is 4.90 Å². The Hall–Kier alpha value is -2.16. The number of halogens is 3. The first-order chi connectivity index (χ1) is 12.3. The average Bonchev–Trinajstić information content (AvgIpc) is 2.99. The maximum absolute atomic E-state index is 12.6. The third-order valence-electron chi connectivity index (χ3n) is 4.50. The van der Waals surface area contributed by atoms with E-state index < -0.39 is 18.7 Å². The van der Waals surface area contributed by atoms with Crippen LogP contribution in [0.1, 0.15) is 25.3 Å². The summed E-state index contributed by atoms with van der Waals surface area (Å²) in [7, 11) is 0. The van der Waals surface area contributed by atoms with Gasteiger partial charge in [0.05, 0.1) is 12.5 Å². The second-order valence-corrected chi connectivity index (χ2v) is 6.41. The lowest BCUT2D eigenvalue weighted by Crippen LogP contribution is -2.41. The standard InChI is InChI=1S/C17H21F3N2O4/c1-2-21-8-11-5-14-15(26-10-25-14)6-13(11)22(4-3-16(21)24)9-12(23)7-17(18,19)20/h5-6,12,23H,2-4,7-10H2,1H3. The van der Waals surface area contributed by atoms with Crippen molar-refractivity contribution in [3.63, 3.8) is 0 Å². The predicted molar refractivity (Wildman–Crippen MR) is 87.2 cm³/mol. The number of alkyl halides is 3. The third kappa shape index (κ3) is 4.14. The van der Waals surface area contributed by atoms with Crippen LogP contribution in [0.3, 0.4) is 0 Å². The van der Waals surface area contributed by atoms with Gasteiger partial charge in [0.15, 0.2) is 11.5 Å². The number of aliphatic hydroxyl groups is 1. The number of fused-ring (bicyclic) bond motifs is 2. The van der Waals surface area contributed by atoms with E-state index in [9.17, 15) is 23.1 Å². The monoisotopic (exact) mass is 374 g/mol. The number of benzene rings is 1. The lowest BCUT2D eigenvalue weighted by Gasteiger charge is -2.34. The lowest BCUT2D eigenvalue weighted by atomic mass is 10.1. The highest BCUT2D eigenvalue weighted by Gasteiger charge is 2.33. The summed E-state index contributed by atoms with van der Waals surface area (Å²) in [6, 6.07) is 3.46. The second kappa shape index (κ2) is 7.22. The molecule has 2 heterocycles. The minimum Gasteiger partial charge on any atom is -0.454 e. The number of amides is 1. The maximum Gasteiger partial charge on any atom is 0.391 e. The molecule has 0 saturated heterocycles. The number of β-amino-alcohol motifs (C(OH)–C–C–N with tert-alkyl or cyclic N) is 1. The number of aliphatic hydroxyl groups excluding tert-OH is 1. The molecule has 1 atom stereocenters. The van der Waals surface area contributed by atoms with Gasteiger partial charge in [-0.15, -0.1) is 0 Å². The van der Waals surface area contributed by atoms with E-state index in [1.54, 1.807) is 21.9 Å². The summed E-state index contributed by atoms with van der Waals surface area (Å²) < 4.78 is 48.4. The van der Waals surface area contributed by atoms with E-state index in [0.717, 1.165) is 5.56 Å². The zero-order valence-electron chi connectivity index (χ0n) is 14.4. The zero-order valence-corrected chi connectivity index (χ0v) is 14.4. The quantitative estimate of drug-likeness (QED) is 0.876. The molecule has 9 heteroatoms. The van der Waals surface area contributed by atoms with Gasteiger partial charge in [-0.25, -0.2) is 0 Å². The van der Waals surface area contributed by atoms with Crippen LogP contribution in [-0.4, -0.2) is 54.6 Å². The van der Waals surface area contributed by atoms with Gasteiger partial charge < -0.3 is 24.4 Å². The van der Waals surface area contributed by atoms with Crippen LogP contribution < -0.4 is 14.4 Å². The molecule has 1 aromatic rings. The highest BCUT2D eigenvalue weighted by atomic mass is 19.4. The van der Waals surface area contributed by atoms with E-state index in [-0.39, 0.29) is 32.2 Å². The van der Waals surface area contributed by atoms with E-state index in [1.807, 2.05) is 6.92 Å². The molecule has 26 heavy (non-hydrogen) atoms. The molecule has 0 saturated carbocycles. The van der Waals surface area contributed by atoms with E-state index in [4.69, 9.17) is 9.47 Å². The molecule has 1 unspecified atom stereocenters. The lowest BCUT2D eigenvalue weighted by molar-refractivity contribution is -0.152. The molecule has 1 N–H and O–H groups in total. The van der Waals surface area contributed by atoms with Crippen LogP contribution in [0, 0.1) is 0 Å². The Kier molecular flexibility index (Phi) is 5.17. The Balaban J connectivity index is 1.91. The van der Waals surface area contributed by atoms with Gasteiger partial charge in [-0.3, -0.25) is 4.79 Å². The van der Waals surface area contributed by atoms with Crippen molar-refractivity contribution >= 4 is 11.6 Å². The highest BCUT2D eigenvalue weighted by molar-refractivity contribution is 5.78. The Morgan fingerprint density at radius 2 is 1.92 bits per heavy atom. The average molecular weight is 374 g/mol. The van der Waals surface area contributed by atoms with E-state index in [1.165, 1.54) is 0 Å². The van der Waals surface area contributed by atoms with Gasteiger partial charge in [-0.05, 0) is 18.6 Å². The molecule has 144 valence electrons. The summed E-state index contributed by atoms with van der Waals surface area (Å²) in [5.41, 5.74) is 1.41. The summed E-state index contributed by atoms with van der Waals surface area (Å²) in [6.07, 6.45) is -7.15. The van der Waals surface area contributed by atoms with Crippen LogP contribution >= 0.6 is 0 Å². The summed E-state index contributed by atoms with van der Waals surface area (Å²) >= 11 is 0. The summed E-state index contributed by atoms with van der Waals surface area (Å²) in [4.78, 5) is 15.6. The third-order valence-corrected chi connectivity index (χ3v) is 4.50. The fraction of sp³-hybridized carbons (Fsp3) is 0.588. The van der Waals surface area contributed by atoms with Crippen molar-refractivity contribution in [3.05, 3.63) is 17.7 Å². The molecule has 0 fully saturated rings. The molecule has 0 spiro atoms. The number of anilines is 1. The highest BCUT2D eigenvalue weighted by Crippen LogP contribution is 2.40. The van der Waals surface area contributed by atoms with E-state index >= 15 is 0 Å². The number of hydrogen-bond acceptors (Lipinski definition) is 5. The largest absolute Gasteiger partial charge is 0.454 e. The van der Waals surface area contributed by atoms with Gasteiger partial charge in [0, 0.05) is 44.4 Å². The topological polar surface area (TPSA) is 62.2 Å². The molecule has 0 aliphatic carbocycles. The normalized spacial score (nSPS) is 18.4. The number of ether oxygens (including phenoxy) is 2. The first-order valence-corrected chi connectivity index (χ1v) is 8.47. The van der Waals surface area contributed by atoms with Crippen molar-refractivity contribution in [2.45, 2.75) is 38.6 Å². The predicted octanol–water partition coefficient (Wildman–Crippen LogP) is 2.29. The van der Waals surface area contributed by atoms with Gasteiger partial charge in [-0.2, -0.15) is 13.2 Å². The van der Waals surface area contributed by atoms with Gasteiger partial charge in [-0.1, -0.05) is 0 Å². The van der Waals surface area contributed by atoms with Crippen LogP contribution in [0.4, 0.5) is 18.9 Å². The minimum absolute atomic E-state index is 0.0748. The van der Waals surface area contributed by atoms with Crippen LogP contribution in [0.15, 0.2) is 12.1 Å². The SMILES string of the molecule is CCN1Cc2cc3c(cc2N(CC(O)CC(F)(F)F)CCC1=O)OCO3. The Morgan fingerprint density at radius 3 is 2.58 bits per heavy atom. The van der Waals surface area contributed by atoms with E-state index in [2.05, 4.69) is 0 Å². The molecular weight excluding hydrogens is 353 g/mol. The summed E-state index contributed by atoms with van der Waals surface area (Å²) in [5.74, 6) is 0.976. The number of carbonyl (C=O) groups is 1. The molecular formula is C17H21F3N2O4. The second-order valence-electron chi connectivity index (χ2n) is 6.41. The number of rotatable bonds is 4. The first-order valence-electron chi connectivity index (χ1n) is 8.47. The number of nitrogens with zero attached hydrogens (tertiary/aromatic N) is 2. The Bertz CT molecular complexity index is 681. The Labute approximate surface area is 149 Å². The molecule has 0 aromatic heterocycles. The molecule has 2 aliphatic rings. The van der Waals surface area contributed by atoms with Gasteiger partial charge in [0.2, 0.25) is 12.7 Å². The van der Waals surface area contributed by atoms with Crippen molar-refractivity contribution in [2.75, 3.05) is 31.3 Å². The molecule has 1 amide bonds. The maximum atomic E-state index is 12.6. The fourth-order valence-electron chi connectivity index (χ4n) is 3.26.